The molecule has 15 heteroatoms. The van der Waals surface area contributed by atoms with Crippen LogP contribution in [0.2, 0.25) is 0 Å². The van der Waals surface area contributed by atoms with Gasteiger partial charge in [0.05, 0.1) is 5.56 Å². The number of halogens is 8. The Balaban J connectivity index is 1.38. The highest BCUT2D eigenvalue weighted by molar-refractivity contribution is 5.95. The van der Waals surface area contributed by atoms with Crippen LogP contribution >= 0.6 is 0 Å². The summed E-state index contributed by atoms with van der Waals surface area (Å²) in [5, 5.41) is 8.94. The number of pyridine rings is 1. The zero-order valence-electron chi connectivity index (χ0n) is 18.4. The molecule has 0 atom stereocenters. The number of carbonyl (C=O) groups is 1. The van der Waals surface area contributed by atoms with Gasteiger partial charge in [-0.15, -0.1) is 0 Å². The molecule has 36 heavy (non-hydrogen) atoms. The van der Waals surface area contributed by atoms with Gasteiger partial charge in [-0.3, -0.25) is 13.9 Å². The molecule has 0 aliphatic heterocycles. The molecule has 3 aromatic rings. The lowest BCUT2D eigenvalue weighted by Gasteiger charge is -2.30. The van der Waals surface area contributed by atoms with Crippen LogP contribution in [0.15, 0.2) is 30.6 Å². The van der Waals surface area contributed by atoms with Crippen LogP contribution in [0.3, 0.4) is 0 Å². The van der Waals surface area contributed by atoms with Crippen molar-refractivity contribution in [3.63, 3.8) is 0 Å². The summed E-state index contributed by atoms with van der Waals surface area (Å²) in [7, 11) is 0. The van der Waals surface area contributed by atoms with E-state index in [1.807, 2.05) is 0 Å². The zero-order chi connectivity index (χ0) is 26.3. The molecule has 4 rings (SSSR count). The lowest BCUT2D eigenvalue weighted by atomic mass is 9.91. The second-order valence-electron chi connectivity index (χ2n) is 8.47. The molecule has 3 heterocycles. The van der Waals surface area contributed by atoms with Crippen LogP contribution in [0.1, 0.15) is 53.9 Å². The molecule has 2 N–H and O–H groups in total. The number of aromatic nitrogens is 4. The van der Waals surface area contributed by atoms with E-state index in [-0.39, 0.29) is 16.4 Å². The fraction of sp³-hybridized carbons (Fsp3) is 0.476. The summed E-state index contributed by atoms with van der Waals surface area (Å²) < 4.78 is 105. The van der Waals surface area contributed by atoms with Crippen molar-refractivity contribution in [3.8, 4) is 0 Å². The Labute approximate surface area is 198 Å². The van der Waals surface area contributed by atoms with Crippen LogP contribution in [0.4, 0.5) is 40.9 Å². The topological polar surface area (TPSA) is 76.2 Å². The fourth-order valence-corrected chi connectivity index (χ4v) is 4.16. The van der Waals surface area contributed by atoms with Crippen LogP contribution < -0.4 is 10.6 Å². The molecular formula is C21H20F8N6O. The number of rotatable bonds is 6. The predicted molar refractivity (Wildman–Crippen MR) is 111 cm³/mol. The van der Waals surface area contributed by atoms with Crippen LogP contribution in [-0.4, -0.2) is 43.3 Å². The molecule has 1 aliphatic carbocycles. The maximum absolute atomic E-state index is 13.2. The van der Waals surface area contributed by atoms with E-state index in [1.165, 1.54) is 10.5 Å². The Kier molecular flexibility index (Phi) is 6.84. The molecule has 0 radical (unpaired) electrons. The van der Waals surface area contributed by atoms with Gasteiger partial charge >= 0.3 is 12.4 Å². The minimum Gasteiger partial charge on any atom is -0.368 e. The third-order valence-electron chi connectivity index (χ3n) is 5.78. The van der Waals surface area contributed by atoms with Crippen molar-refractivity contribution in [2.45, 2.75) is 63.1 Å². The first-order chi connectivity index (χ1) is 16.8. The Morgan fingerprint density at radius 3 is 2.31 bits per heavy atom. The van der Waals surface area contributed by atoms with Gasteiger partial charge < -0.3 is 10.6 Å². The Morgan fingerprint density at radius 1 is 1.03 bits per heavy atom. The summed E-state index contributed by atoms with van der Waals surface area (Å²) in [5.41, 5.74) is -2.56. The molecule has 196 valence electrons. The molecule has 1 fully saturated rings. The van der Waals surface area contributed by atoms with Crippen molar-refractivity contribution in [3.05, 3.63) is 47.5 Å². The maximum Gasteiger partial charge on any atom is 0.434 e. The number of anilines is 1. The molecule has 0 saturated heterocycles. The van der Waals surface area contributed by atoms with Gasteiger partial charge in [-0.2, -0.15) is 31.4 Å². The zero-order valence-corrected chi connectivity index (χ0v) is 18.4. The third-order valence-corrected chi connectivity index (χ3v) is 5.78. The van der Waals surface area contributed by atoms with Gasteiger partial charge in [0.1, 0.15) is 23.7 Å². The van der Waals surface area contributed by atoms with E-state index < -0.39 is 54.2 Å². The van der Waals surface area contributed by atoms with E-state index in [0.29, 0.717) is 37.7 Å². The number of carbonyl (C=O) groups excluding carboxylic acids is 1. The molecule has 0 bridgehead atoms. The lowest BCUT2D eigenvalue weighted by molar-refractivity contribution is -0.143. The highest BCUT2D eigenvalue weighted by Crippen LogP contribution is 2.30. The summed E-state index contributed by atoms with van der Waals surface area (Å²) in [5.74, 6) is -0.542. The van der Waals surface area contributed by atoms with Crippen LogP contribution in [-0.2, 0) is 12.7 Å². The number of amides is 1. The Morgan fingerprint density at radius 2 is 1.69 bits per heavy atom. The van der Waals surface area contributed by atoms with E-state index in [4.69, 9.17) is 0 Å². The van der Waals surface area contributed by atoms with Gasteiger partial charge in [0, 0.05) is 24.5 Å². The summed E-state index contributed by atoms with van der Waals surface area (Å²) in [6.45, 7) is -1.61. The largest absolute Gasteiger partial charge is 0.434 e. The second kappa shape index (κ2) is 9.58. The number of alkyl halides is 8. The van der Waals surface area contributed by atoms with Gasteiger partial charge in [0.2, 0.25) is 0 Å². The fourth-order valence-electron chi connectivity index (χ4n) is 4.16. The highest BCUT2D eigenvalue weighted by atomic mass is 19.4. The molecular weight excluding hydrogens is 504 g/mol. The van der Waals surface area contributed by atoms with Gasteiger partial charge in [-0.05, 0) is 37.8 Å². The standard InChI is InChI=1S/C21H20F8N6O/c22-18(23)17-13(8-34(33-17)10-20(24,25)26)19(36)31-12-6-4-11(5-7-12)30-15-2-1-3-16-32-14(9-35(15)16)21(27,28)29/h1-3,8-9,11-12,18,30H,4-7,10H2,(H,31,36)/t11-,12+. The number of nitrogens with one attached hydrogen (secondary N) is 2. The summed E-state index contributed by atoms with van der Waals surface area (Å²) in [6, 6.07) is 4.04. The number of hydrogen-bond acceptors (Lipinski definition) is 4. The van der Waals surface area contributed by atoms with Gasteiger partial charge in [0.15, 0.2) is 5.69 Å². The van der Waals surface area contributed by atoms with Crippen molar-refractivity contribution < 1.29 is 39.9 Å². The maximum atomic E-state index is 13.2. The minimum absolute atomic E-state index is 0.120. The first kappa shape index (κ1) is 25.7. The Bertz CT molecular complexity index is 1220. The average molecular weight is 524 g/mol. The lowest BCUT2D eigenvalue weighted by Crippen LogP contribution is -2.40. The van der Waals surface area contributed by atoms with Crippen LogP contribution in [0, 0.1) is 0 Å². The molecule has 7 nitrogen and oxygen atoms in total. The second-order valence-corrected chi connectivity index (χ2v) is 8.47. The number of hydrogen-bond donors (Lipinski definition) is 2. The normalized spacial score (nSPS) is 19.1. The van der Waals surface area contributed by atoms with E-state index >= 15 is 0 Å². The molecule has 3 aromatic heterocycles. The van der Waals surface area contributed by atoms with Crippen molar-refractivity contribution in [2.75, 3.05) is 5.32 Å². The SMILES string of the molecule is O=C(N[C@H]1CC[C@@H](Nc2cccc3nc(C(F)(F)F)cn23)CC1)c1cn(CC(F)(F)F)nc1C(F)F. The smallest absolute Gasteiger partial charge is 0.368 e. The predicted octanol–water partition coefficient (Wildman–Crippen LogP) is 5.20. The van der Waals surface area contributed by atoms with Gasteiger partial charge in [-0.1, -0.05) is 6.07 Å². The first-order valence-corrected chi connectivity index (χ1v) is 10.8. The molecule has 1 saturated carbocycles. The van der Waals surface area contributed by atoms with Crippen LogP contribution in [0.5, 0.6) is 0 Å². The summed E-state index contributed by atoms with van der Waals surface area (Å²) in [6.07, 6.45) is -9.15. The molecule has 0 spiro atoms. The van der Waals surface area contributed by atoms with Crippen molar-refractivity contribution in [2.24, 2.45) is 0 Å². The Hall–Kier alpha value is -3.39. The quantitative estimate of drug-likeness (QED) is 0.435. The van der Waals surface area contributed by atoms with E-state index in [9.17, 15) is 39.9 Å². The third kappa shape index (κ3) is 5.87. The number of fused-ring (bicyclic) bond motifs is 1. The molecule has 0 unspecified atom stereocenters. The number of imidazole rings is 1. The average Bonchev–Trinajstić information content (AvgIpc) is 3.39. The van der Waals surface area contributed by atoms with E-state index in [2.05, 4.69) is 20.7 Å². The molecule has 1 amide bonds. The van der Waals surface area contributed by atoms with Crippen molar-refractivity contribution in [1.29, 1.82) is 0 Å². The monoisotopic (exact) mass is 524 g/mol. The highest BCUT2D eigenvalue weighted by Gasteiger charge is 2.35. The van der Waals surface area contributed by atoms with Crippen molar-refractivity contribution >= 4 is 17.4 Å². The summed E-state index contributed by atoms with van der Waals surface area (Å²) in [4.78, 5) is 16.1. The first-order valence-electron chi connectivity index (χ1n) is 10.8. The number of nitrogens with zero attached hydrogens (tertiary/aromatic N) is 4. The van der Waals surface area contributed by atoms with E-state index in [1.54, 1.807) is 12.1 Å². The van der Waals surface area contributed by atoms with E-state index in [0.717, 1.165) is 6.20 Å². The van der Waals surface area contributed by atoms with Gasteiger partial charge in [-0.25, -0.2) is 13.8 Å². The minimum atomic E-state index is -4.69. The van der Waals surface area contributed by atoms with Crippen LogP contribution in [0.25, 0.3) is 5.65 Å². The molecule has 0 aromatic carbocycles. The van der Waals surface area contributed by atoms with Gasteiger partial charge in [0.25, 0.3) is 12.3 Å². The molecule has 1 aliphatic rings. The van der Waals surface area contributed by atoms with Crippen molar-refractivity contribution in [1.82, 2.24) is 24.5 Å². The summed E-state index contributed by atoms with van der Waals surface area (Å²) >= 11 is 0.